The number of nitrogens with zero attached hydrogens (tertiary/aromatic N) is 1. The van der Waals surface area contributed by atoms with Crippen molar-refractivity contribution < 1.29 is 23.5 Å². The zero-order chi connectivity index (χ0) is 25.4. The molecule has 2 amide bonds. The standard InChI is InChI=1S/C28H24N2O6S/c31-26(29-18-7-2-3-8-18)25(24-10-5-13-37-24)30(19-11-12-22-23(15-19)35-16-34-22)27(32)20-14-17-6-1-4-9-21(17)36-28(20)33/h1,4-6,9-15,18,25H,2-3,7-8,16H2,(H,29,31)/t25-/m1/s1. The smallest absolute Gasteiger partial charge is 0.349 e. The first-order valence-electron chi connectivity index (χ1n) is 12.2. The summed E-state index contributed by atoms with van der Waals surface area (Å²) in [4.78, 5) is 43.1. The van der Waals surface area contributed by atoms with Gasteiger partial charge in [0.15, 0.2) is 17.5 Å². The maximum atomic E-state index is 14.2. The number of hydrogen-bond donors (Lipinski definition) is 1. The molecule has 2 aromatic heterocycles. The number of carbonyl (C=O) groups is 2. The summed E-state index contributed by atoms with van der Waals surface area (Å²) in [5.41, 5.74) is -0.142. The molecule has 0 saturated heterocycles. The molecule has 9 heteroatoms. The van der Waals surface area contributed by atoms with E-state index in [0.717, 1.165) is 25.7 Å². The number of nitrogens with one attached hydrogen (secondary N) is 1. The highest BCUT2D eigenvalue weighted by Gasteiger charge is 2.37. The number of carbonyl (C=O) groups excluding carboxylic acids is 2. The predicted molar refractivity (Wildman–Crippen MR) is 139 cm³/mol. The van der Waals surface area contributed by atoms with Crippen molar-refractivity contribution in [2.45, 2.75) is 37.8 Å². The average Bonchev–Trinajstić information content (AvgIpc) is 3.69. The normalized spacial score (nSPS) is 15.6. The second-order valence-corrected chi connectivity index (χ2v) is 10.1. The summed E-state index contributed by atoms with van der Waals surface area (Å²) in [6.45, 7) is 0.0670. The van der Waals surface area contributed by atoms with Crippen LogP contribution in [0.5, 0.6) is 11.5 Å². The Morgan fingerprint density at radius 1 is 0.973 bits per heavy atom. The molecule has 6 rings (SSSR count). The monoisotopic (exact) mass is 516 g/mol. The van der Waals surface area contributed by atoms with Gasteiger partial charge in [-0.05, 0) is 48.6 Å². The van der Waals surface area contributed by atoms with E-state index >= 15 is 0 Å². The van der Waals surface area contributed by atoms with Gasteiger partial charge in [0.05, 0.1) is 0 Å². The molecule has 4 aromatic rings. The molecule has 3 heterocycles. The SMILES string of the molecule is O=C(NC1CCCC1)[C@@H](c1cccs1)N(C(=O)c1cc2ccccc2oc1=O)c1ccc2c(c1)OCO2. The number of rotatable bonds is 6. The number of hydrogen-bond acceptors (Lipinski definition) is 7. The van der Waals surface area contributed by atoms with Crippen LogP contribution >= 0.6 is 11.3 Å². The second kappa shape index (κ2) is 9.74. The third-order valence-electron chi connectivity index (χ3n) is 6.75. The van der Waals surface area contributed by atoms with Crippen molar-refractivity contribution in [3.05, 3.63) is 86.9 Å². The van der Waals surface area contributed by atoms with Crippen LogP contribution in [-0.2, 0) is 4.79 Å². The van der Waals surface area contributed by atoms with Crippen molar-refractivity contribution in [3.63, 3.8) is 0 Å². The molecule has 0 spiro atoms. The highest BCUT2D eigenvalue weighted by Crippen LogP contribution is 2.39. The van der Waals surface area contributed by atoms with Crippen molar-refractivity contribution in [2.24, 2.45) is 0 Å². The molecule has 1 aliphatic carbocycles. The third-order valence-corrected chi connectivity index (χ3v) is 7.67. The van der Waals surface area contributed by atoms with E-state index in [-0.39, 0.29) is 24.3 Å². The first-order chi connectivity index (χ1) is 18.1. The van der Waals surface area contributed by atoms with Gasteiger partial charge in [-0.25, -0.2) is 4.79 Å². The quantitative estimate of drug-likeness (QED) is 0.361. The van der Waals surface area contributed by atoms with Crippen LogP contribution in [0.3, 0.4) is 0 Å². The molecule has 1 aliphatic heterocycles. The first-order valence-corrected chi connectivity index (χ1v) is 13.1. The Morgan fingerprint density at radius 3 is 2.59 bits per heavy atom. The largest absolute Gasteiger partial charge is 0.454 e. The van der Waals surface area contributed by atoms with Gasteiger partial charge >= 0.3 is 5.63 Å². The fraction of sp³-hybridized carbons (Fsp3) is 0.250. The van der Waals surface area contributed by atoms with Gasteiger partial charge in [0.25, 0.3) is 5.91 Å². The van der Waals surface area contributed by atoms with Crippen LogP contribution in [0.4, 0.5) is 5.69 Å². The van der Waals surface area contributed by atoms with E-state index in [4.69, 9.17) is 13.9 Å². The van der Waals surface area contributed by atoms with Gasteiger partial charge in [-0.3, -0.25) is 14.5 Å². The lowest BCUT2D eigenvalue weighted by Crippen LogP contribution is -2.47. The van der Waals surface area contributed by atoms with Gasteiger partial charge in [0.1, 0.15) is 11.1 Å². The van der Waals surface area contributed by atoms with Crippen molar-refractivity contribution in [1.82, 2.24) is 5.32 Å². The lowest BCUT2D eigenvalue weighted by atomic mass is 10.1. The summed E-state index contributed by atoms with van der Waals surface area (Å²) in [6.07, 6.45) is 3.90. The number of benzene rings is 2. The van der Waals surface area contributed by atoms with Crippen LogP contribution in [0.2, 0.25) is 0 Å². The molecule has 1 fully saturated rings. The number of anilines is 1. The number of para-hydroxylation sites is 1. The number of amides is 2. The van der Waals surface area contributed by atoms with E-state index < -0.39 is 17.6 Å². The van der Waals surface area contributed by atoms with Crippen LogP contribution in [0.15, 0.2) is 75.3 Å². The summed E-state index contributed by atoms with van der Waals surface area (Å²) >= 11 is 1.37. The zero-order valence-electron chi connectivity index (χ0n) is 19.8. The minimum atomic E-state index is -1.00. The highest BCUT2D eigenvalue weighted by molar-refractivity contribution is 7.10. The van der Waals surface area contributed by atoms with E-state index in [1.807, 2.05) is 17.5 Å². The van der Waals surface area contributed by atoms with Gasteiger partial charge in [0.2, 0.25) is 12.7 Å². The van der Waals surface area contributed by atoms with Gasteiger partial charge in [-0.15, -0.1) is 11.3 Å². The van der Waals surface area contributed by atoms with Crippen molar-refractivity contribution in [2.75, 3.05) is 11.7 Å². The van der Waals surface area contributed by atoms with Crippen molar-refractivity contribution in [3.8, 4) is 11.5 Å². The summed E-state index contributed by atoms with van der Waals surface area (Å²) in [5, 5.41) is 5.61. The lowest BCUT2D eigenvalue weighted by Gasteiger charge is -2.31. The molecular formula is C28H24N2O6S. The number of ether oxygens (including phenoxy) is 2. The fourth-order valence-corrected chi connectivity index (χ4v) is 5.74. The van der Waals surface area contributed by atoms with Gasteiger partial charge in [-0.1, -0.05) is 37.1 Å². The van der Waals surface area contributed by atoms with E-state index in [1.165, 1.54) is 22.3 Å². The zero-order valence-corrected chi connectivity index (χ0v) is 20.7. The Hall–Kier alpha value is -4.11. The van der Waals surface area contributed by atoms with E-state index in [2.05, 4.69) is 5.32 Å². The second-order valence-electron chi connectivity index (χ2n) is 9.11. The minimum Gasteiger partial charge on any atom is -0.454 e. The molecule has 2 aromatic carbocycles. The maximum absolute atomic E-state index is 14.2. The molecule has 1 atom stereocenters. The third kappa shape index (κ3) is 4.46. The Bertz CT molecular complexity index is 1520. The van der Waals surface area contributed by atoms with Crippen molar-refractivity contribution >= 4 is 39.8 Å². The van der Waals surface area contributed by atoms with E-state index in [1.54, 1.807) is 42.5 Å². The molecule has 2 aliphatic rings. The first kappa shape index (κ1) is 23.3. The van der Waals surface area contributed by atoms with Crippen molar-refractivity contribution in [1.29, 1.82) is 0 Å². The minimum absolute atomic E-state index is 0.0504. The van der Waals surface area contributed by atoms with Crippen LogP contribution < -0.4 is 25.3 Å². The van der Waals surface area contributed by atoms with Gasteiger partial charge < -0.3 is 19.2 Å². The lowest BCUT2D eigenvalue weighted by molar-refractivity contribution is -0.123. The molecule has 0 unspecified atom stereocenters. The summed E-state index contributed by atoms with van der Waals surface area (Å²) < 4.78 is 16.5. The van der Waals surface area contributed by atoms with E-state index in [9.17, 15) is 14.4 Å². The Labute approximate surface area is 216 Å². The van der Waals surface area contributed by atoms with Crippen LogP contribution in [0, 0.1) is 0 Å². The van der Waals surface area contributed by atoms with E-state index in [0.29, 0.717) is 33.0 Å². The summed E-state index contributed by atoms with van der Waals surface area (Å²) in [5.74, 6) is 0.0651. The Balaban J connectivity index is 1.49. The Kier molecular flexibility index (Phi) is 6.13. The molecule has 0 radical (unpaired) electrons. The summed E-state index contributed by atoms with van der Waals surface area (Å²) in [6, 6.07) is 16.3. The molecular weight excluding hydrogens is 492 g/mol. The highest BCUT2D eigenvalue weighted by atomic mass is 32.1. The van der Waals surface area contributed by atoms with Gasteiger partial charge in [0, 0.05) is 28.1 Å². The molecule has 188 valence electrons. The molecule has 8 nitrogen and oxygen atoms in total. The molecule has 1 saturated carbocycles. The fourth-order valence-electron chi connectivity index (χ4n) is 4.93. The van der Waals surface area contributed by atoms with Gasteiger partial charge in [-0.2, -0.15) is 0 Å². The number of fused-ring (bicyclic) bond motifs is 2. The van der Waals surface area contributed by atoms with Crippen LogP contribution in [-0.4, -0.2) is 24.6 Å². The topological polar surface area (TPSA) is 98.1 Å². The summed E-state index contributed by atoms with van der Waals surface area (Å²) in [7, 11) is 0. The molecule has 1 N–H and O–H groups in total. The van der Waals surface area contributed by atoms with Crippen LogP contribution in [0.25, 0.3) is 11.0 Å². The molecule has 0 bridgehead atoms. The molecule has 37 heavy (non-hydrogen) atoms. The Morgan fingerprint density at radius 2 is 1.78 bits per heavy atom. The number of thiophene rings is 1. The van der Waals surface area contributed by atoms with Crippen LogP contribution in [0.1, 0.15) is 47.0 Å². The average molecular weight is 517 g/mol. The predicted octanol–water partition coefficient (Wildman–Crippen LogP) is 5.03. The maximum Gasteiger partial charge on any atom is 0.349 e.